The van der Waals surface area contributed by atoms with Gasteiger partial charge < -0.3 is 9.64 Å². The number of ether oxygens (including phenoxy) is 1. The van der Waals surface area contributed by atoms with E-state index in [-0.39, 0.29) is 23.7 Å². The maximum atomic E-state index is 12.2. The van der Waals surface area contributed by atoms with Crippen molar-refractivity contribution in [3.05, 3.63) is 71.8 Å². The van der Waals surface area contributed by atoms with E-state index < -0.39 is 0 Å². The zero-order valence-electron chi connectivity index (χ0n) is 15.5. The van der Waals surface area contributed by atoms with E-state index in [0.717, 1.165) is 19.6 Å². The number of amides is 1. The number of likely N-dealkylation sites (N-methyl/N-ethyl adjacent to an activating group) is 1. The van der Waals surface area contributed by atoms with Crippen LogP contribution >= 0.6 is 0 Å². The molecule has 0 radical (unpaired) electrons. The molecule has 2 aromatic carbocycles. The number of hydrogen-bond acceptors (Lipinski definition) is 3. The molecule has 2 aromatic rings. The number of carbonyl (C=O) groups excluding carboxylic acids is 1. The van der Waals surface area contributed by atoms with Gasteiger partial charge in [-0.05, 0) is 25.0 Å². The summed E-state index contributed by atoms with van der Waals surface area (Å²) >= 11 is 0. The lowest BCUT2D eigenvalue weighted by atomic mass is 9.85. The van der Waals surface area contributed by atoms with Crippen molar-refractivity contribution < 1.29 is 9.53 Å². The molecule has 4 heteroatoms. The standard InChI is InChI=1S/C22H26N2O2/c1-3-23-14-22(26-17(2)21(23)25)15-24(16-22)20(18-10-6-4-7-11-18)19-12-8-5-9-13-19/h4-13,17,20H,3,14-16H2,1-2H3/t17-/m1/s1. The number of morpholine rings is 1. The summed E-state index contributed by atoms with van der Waals surface area (Å²) in [5.74, 6) is 0.110. The van der Waals surface area contributed by atoms with Gasteiger partial charge in [0.15, 0.2) is 0 Å². The SMILES string of the molecule is CCN1CC2(CN(C(c3ccccc3)c3ccccc3)C2)O[C@H](C)C1=O. The highest BCUT2D eigenvalue weighted by atomic mass is 16.5. The van der Waals surface area contributed by atoms with Crippen LogP contribution in [-0.4, -0.2) is 53.6 Å². The van der Waals surface area contributed by atoms with Crippen LogP contribution in [0.15, 0.2) is 60.7 Å². The molecule has 0 aromatic heterocycles. The number of likely N-dealkylation sites (tertiary alicyclic amines) is 1. The molecule has 0 bridgehead atoms. The first-order chi connectivity index (χ1) is 12.6. The average molecular weight is 350 g/mol. The summed E-state index contributed by atoms with van der Waals surface area (Å²) < 4.78 is 6.17. The van der Waals surface area contributed by atoms with Gasteiger partial charge in [0.05, 0.1) is 12.6 Å². The van der Waals surface area contributed by atoms with Crippen LogP contribution < -0.4 is 0 Å². The predicted molar refractivity (Wildman–Crippen MR) is 102 cm³/mol. The first-order valence-corrected chi connectivity index (χ1v) is 9.42. The van der Waals surface area contributed by atoms with Crippen LogP contribution in [0.25, 0.3) is 0 Å². The average Bonchev–Trinajstić information content (AvgIpc) is 2.65. The van der Waals surface area contributed by atoms with Crippen LogP contribution in [-0.2, 0) is 9.53 Å². The van der Waals surface area contributed by atoms with Crippen molar-refractivity contribution in [3.8, 4) is 0 Å². The topological polar surface area (TPSA) is 32.8 Å². The van der Waals surface area contributed by atoms with Crippen LogP contribution in [0.5, 0.6) is 0 Å². The third kappa shape index (κ3) is 3.04. The molecule has 2 aliphatic rings. The highest BCUT2D eigenvalue weighted by Crippen LogP contribution is 2.40. The van der Waals surface area contributed by atoms with Gasteiger partial charge in [0.25, 0.3) is 5.91 Å². The van der Waals surface area contributed by atoms with Gasteiger partial charge in [0.1, 0.15) is 11.7 Å². The van der Waals surface area contributed by atoms with Crippen molar-refractivity contribution in [1.82, 2.24) is 9.80 Å². The fourth-order valence-corrected chi connectivity index (χ4v) is 4.35. The van der Waals surface area contributed by atoms with E-state index in [1.165, 1.54) is 11.1 Å². The Hall–Kier alpha value is -2.17. The number of benzene rings is 2. The monoisotopic (exact) mass is 350 g/mol. The lowest BCUT2D eigenvalue weighted by Crippen LogP contribution is -2.72. The minimum Gasteiger partial charge on any atom is -0.358 e. The van der Waals surface area contributed by atoms with Crippen molar-refractivity contribution in [2.45, 2.75) is 31.6 Å². The number of rotatable bonds is 4. The molecule has 2 fully saturated rings. The second kappa shape index (κ2) is 6.86. The Morgan fingerprint density at radius 1 is 1.00 bits per heavy atom. The second-order valence-electron chi connectivity index (χ2n) is 7.42. The van der Waals surface area contributed by atoms with E-state index in [0.29, 0.717) is 6.54 Å². The van der Waals surface area contributed by atoms with Crippen LogP contribution in [0.1, 0.15) is 31.0 Å². The minimum absolute atomic E-state index is 0.110. The molecular formula is C22H26N2O2. The fraction of sp³-hybridized carbons (Fsp3) is 0.409. The van der Waals surface area contributed by atoms with Gasteiger partial charge >= 0.3 is 0 Å². The largest absolute Gasteiger partial charge is 0.358 e. The Bertz CT molecular complexity index is 717. The van der Waals surface area contributed by atoms with E-state index in [9.17, 15) is 4.79 Å². The van der Waals surface area contributed by atoms with Gasteiger partial charge in [-0.3, -0.25) is 9.69 Å². The first-order valence-electron chi connectivity index (χ1n) is 9.42. The molecule has 136 valence electrons. The molecule has 0 aliphatic carbocycles. The van der Waals surface area contributed by atoms with Gasteiger partial charge in [-0.25, -0.2) is 0 Å². The maximum absolute atomic E-state index is 12.2. The molecule has 4 rings (SSSR count). The van der Waals surface area contributed by atoms with Gasteiger partial charge in [0, 0.05) is 19.6 Å². The summed E-state index contributed by atoms with van der Waals surface area (Å²) in [6.07, 6.45) is -0.349. The van der Waals surface area contributed by atoms with Crippen LogP contribution in [0.3, 0.4) is 0 Å². The lowest BCUT2D eigenvalue weighted by molar-refractivity contribution is -0.218. The predicted octanol–water partition coefficient (Wildman–Crippen LogP) is 3.10. The number of nitrogens with zero attached hydrogens (tertiary/aromatic N) is 2. The van der Waals surface area contributed by atoms with E-state index in [1.54, 1.807) is 0 Å². The van der Waals surface area contributed by atoms with Crippen molar-refractivity contribution in [2.75, 3.05) is 26.2 Å². The summed E-state index contributed by atoms with van der Waals surface area (Å²) in [6, 6.07) is 21.5. The Kier molecular flexibility index (Phi) is 4.55. The van der Waals surface area contributed by atoms with Crippen molar-refractivity contribution >= 4 is 5.91 Å². The Morgan fingerprint density at radius 3 is 2.04 bits per heavy atom. The number of carbonyl (C=O) groups is 1. The quantitative estimate of drug-likeness (QED) is 0.849. The van der Waals surface area contributed by atoms with E-state index >= 15 is 0 Å². The summed E-state index contributed by atoms with van der Waals surface area (Å²) in [7, 11) is 0. The summed E-state index contributed by atoms with van der Waals surface area (Å²) in [6.45, 7) is 7.04. The minimum atomic E-state index is -0.349. The smallest absolute Gasteiger partial charge is 0.251 e. The molecule has 2 aliphatic heterocycles. The van der Waals surface area contributed by atoms with E-state index in [4.69, 9.17) is 4.74 Å². The summed E-state index contributed by atoms with van der Waals surface area (Å²) in [5.41, 5.74) is 2.35. The molecule has 2 heterocycles. The molecule has 1 atom stereocenters. The summed E-state index contributed by atoms with van der Waals surface area (Å²) in [4.78, 5) is 16.6. The zero-order valence-corrected chi connectivity index (χ0v) is 15.5. The van der Waals surface area contributed by atoms with Gasteiger partial charge in [0.2, 0.25) is 0 Å². The molecule has 1 spiro atoms. The first kappa shape index (κ1) is 17.3. The molecule has 4 nitrogen and oxygen atoms in total. The van der Waals surface area contributed by atoms with E-state index in [2.05, 4.69) is 65.6 Å². The Balaban J connectivity index is 1.57. The van der Waals surface area contributed by atoms with Crippen molar-refractivity contribution in [2.24, 2.45) is 0 Å². The van der Waals surface area contributed by atoms with Crippen molar-refractivity contribution in [1.29, 1.82) is 0 Å². The van der Waals surface area contributed by atoms with E-state index in [1.807, 2.05) is 18.7 Å². The molecule has 0 saturated carbocycles. The number of hydrogen-bond donors (Lipinski definition) is 0. The molecule has 1 amide bonds. The van der Waals surface area contributed by atoms with Gasteiger partial charge in [-0.1, -0.05) is 60.7 Å². The molecule has 26 heavy (non-hydrogen) atoms. The maximum Gasteiger partial charge on any atom is 0.251 e. The highest BCUT2D eigenvalue weighted by Gasteiger charge is 2.52. The zero-order chi connectivity index (χ0) is 18.1. The third-order valence-electron chi connectivity index (χ3n) is 5.53. The lowest BCUT2D eigenvalue weighted by Gasteiger charge is -2.57. The Morgan fingerprint density at radius 2 is 1.54 bits per heavy atom. The Labute approximate surface area is 155 Å². The van der Waals surface area contributed by atoms with Crippen LogP contribution in [0, 0.1) is 0 Å². The second-order valence-corrected chi connectivity index (χ2v) is 7.42. The van der Waals surface area contributed by atoms with Crippen LogP contribution in [0.2, 0.25) is 0 Å². The van der Waals surface area contributed by atoms with Crippen molar-refractivity contribution in [3.63, 3.8) is 0 Å². The third-order valence-corrected chi connectivity index (χ3v) is 5.53. The highest BCUT2D eigenvalue weighted by molar-refractivity contribution is 5.81. The van der Waals surface area contributed by atoms with Gasteiger partial charge in [-0.15, -0.1) is 0 Å². The molecular weight excluding hydrogens is 324 g/mol. The summed E-state index contributed by atoms with van der Waals surface area (Å²) in [5, 5.41) is 0. The molecule has 2 saturated heterocycles. The van der Waals surface area contributed by atoms with Gasteiger partial charge in [-0.2, -0.15) is 0 Å². The normalized spacial score (nSPS) is 22.7. The fourth-order valence-electron chi connectivity index (χ4n) is 4.35. The van der Waals surface area contributed by atoms with Crippen LogP contribution in [0.4, 0.5) is 0 Å². The molecule has 0 unspecified atom stereocenters. The molecule has 0 N–H and O–H groups in total.